The van der Waals surface area contributed by atoms with Crippen LogP contribution in [0.1, 0.15) is 144 Å². The number of aliphatic carboxylic acids is 1. The third kappa shape index (κ3) is 19.9. The van der Waals surface area contributed by atoms with Gasteiger partial charge in [-0.1, -0.05) is 116 Å². The first-order chi connectivity index (χ1) is 28.2. The molecule has 0 spiro atoms. The zero-order valence-electron chi connectivity index (χ0n) is 37.4. The quantitative estimate of drug-likeness (QED) is 0.0665. The Morgan fingerprint density at radius 1 is 0.817 bits per heavy atom. The summed E-state index contributed by atoms with van der Waals surface area (Å²) in [4.78, 5) is 79.8. The SMILES string of the molecule is CCCC[C@H](NC(=O)[C@H](Cc1ccccc1)NC(=O)OC(C)(C)C)C(=O)NC(CC1CCCCC1)C(N)CC(=O)N[C@H](C(=O)N[C@@H](CC(C)C)[C@@H](O)CC(=O)O)[C@@H](C)CC. The Kier molecular flexibility index (Phi) is 22.6. The van der Waals surface area contributed by atoms with Crippen molar-refractivity contribution < 1.29 is 43.7 Å². The fourth-order valence-electron chi connectivity index (χ4n) is 7.57. The van der Waals surface area contributed by atoms with E-state index < -0.39 is 90.1 Å². The molecule has 1 aromatic carbocycles. The van der Waals surface area contributed by atoms with Crippen LogP contribution in [0.15, 0.2) is 30.3 Å². The fourth-order valence-corrected chi connectivity index (χ4v) is 7.57. The lowest BCUT2D eigenvalue weighted by Gasteiger charge is -2.33. The second kappa shape index (κ2) is 26.2. The third-order valence-corrected chi connectivity index (χ3v) is 11.1. The van der Waals surface area contributed by atoms with Crippen LogP contribution in [0.2, 0.25) is 0 Å². The Morgan fingerprint density at radius 2 is 1.43 bits per heavy atom. The number of unbranched alkanes of at least 4 members (excludes halogenated alkanes) is 1. The van der Waals surface area contributed by atoms with Gasteiger partial charge in [0.2, 0.25) is 23.6 Å². The molecule has 0 radical (unpaired) electrons. The molecule has 1 fully saturated rings. The molecule has 2 rings (SSSR count). The molecular formula is C45H76N6O9. The summed E-state index contributed by atoms with van der Waals surface area (Å²) in [5.41, 5.74) is 6.80. The van der Waals surface area contributed by atoms with Crippen molar-refractivity contribution in [2.24, 2.45) is 23.5 Å². The number of carboxylic acid groups (broad SMARTS) is 1. The molecule has 0 aliphatic heterocycles. The van der Waals surface area contributed by atoms with Crippen LogP contribution in [-0.2, 0) is 35.1 Å². The number of carboxylic acids is 1. The van der Waals surface area contributed by atoms with E-state index >= 15 is 0 Å². The highest BCUT2D eigenvalue weighted by Crippen LogP contribution is 2.28. The first-order valence-corrected chi connectivity index (χ1v) is 22.1. The number of benzene rings is 1. The molecule has 15 nitrogen and oxygen atoms in total. The van der Waals surface area contributed by atoms with E-state index in [0.717, 1.165) is 44.1 Å². The van der Waals surface area contributed by atoms with Crippen LogP contribution in [0.25, 0.3) is 0 Å². The molecule has 8 atom stereocenters. The van der Waals surface area contributed by atoms with E-state index in [9.17, 15) is 39.0 Å². The van der Waals surface area contributed by atoms with Gasteiger partial charge in [-0.15, -0.1) is 0 Å². The molecule has 340 valence electrons. The van der Waals surface area contributed by atoms with Gasteiger partial charge in [-0.3, -0.25) is 24.0 Å². The molecule has 0 aromatic heterocycles. The van der Waals surface area contributed by atoms with E-state index in [1.807, 2.05) is 65.0 Å². The first-order valence-electron chi connectivity index (χ1n) is 22.1. The van der Waals surface area contributed by atoms with Crippen LogP contribution >= 0.6 is 0 Å². The van der Waals surface area contributed by atoms with Crippen LogP contribution in [0, 0.1) is 17.8 Å². The van der Waals surface area contributed by atoms with Crippen molar-refractivity contribution in [3.05, 3.63) is 35.9 Å². The Morgan fingerprint density at radius 3 is 2.00 bits per heavy atom. The average molecular weight is 845 g/mol. The van der Waals surface area contributed by atoms with Gasteiger partial charge in [0.05, 0.1) is 18.6 Å². The summed E-state index contributed by atoms with van der Waals surface area (Å²) in [5, 5.41) is 34.2. The van der Waals surface area contributed by atoms with Gasteiger partial charge in [0.15, 0.2) is 0 Å². The van der Waals surface area contributed by atoms with Gasteiger partial charge in [-0.25, -0.2) is 4.79 Å². The van der Waals surface area contributed by atoms with Crippen molar-refractivity contribution in [3.63, 3.8) is 0 Å². The number of ether oxygens (including phenoxy) is 1. The second-order valence-electron chi connectivity index (χ2n) is 18.2. The lowest BCUT2D eigenvalue weighted by molar-refractivity contribution is -0.140. The minimum absolute atomic E-state index is 0.0456. The number of carbonyl (C=O) groups excluding carboxylic acids is 5. The smallest absolute Gasteiger partial charge is 0.408 e. The summed E-state index contributed by atoms with van der Waals surface area (Å²) < 4.78 is 5.46. The normalized spacial score (nSPS) is 17.4. The molecule has 15 heteroatoms. The number of aliphatic hydroxyl groups excluding tert-OH is 1. The molecule has 0 bridgehead atoms. The van der Waals surface area contributed by atoms with Gasteiger partial charge in [0.25, 0.3) is 0 Å². The summed E-state index contributed by atoms with van der Waals surface area (Å²) in [6.07, 6.45) is 5.60. The molecule has 1 aromatic rings. The van der Waals surface area contributed by atoms with Gasteiger partial charge in [-0.05, 0) is 63.4 Å². The Labute approximate surface area is 357 Å². The van der Waals surface area contributed by atoms with Gasteiger partial charge in [-0.2, -0.15) is 0 Å². The summed E-state index contributed by atoms with van der Waals surface area (Å²) in [7, 11) is 0. The lowest BCUT2D eigenvalue weighted by Crippen LogP contribution is -2.59. The monoisotopic (exact) mass is 845 g/mol. The minimum atomic E-state index is -1.32. The van der Waals surface area contributed by atoms with Gasteiger partial charge < -0.3 is 47.3 Å². The second-order valence-corrected chi connectivity index (χ2v) is 18.2. The number of carbonyl (C=O) groups is 6. The summed E-state index contributed by atoms with van der Waals surface area (Å²) >= 11 is 0. The Balaban J connectivity index is 2.31. The molecule has 1 saturated carbocycles. The molecule has 2 unspecified atom stereocenters. The van der Waals surface area contributed by atoms with Crippen molar-refractivity contribution in [1.82, 2.24) is 26.6 Å². The fraction of sp³-hybridized carbons (Fsp3) is 0.733. The molecule has 9 N–H and O–H groups in total. The van der Waals surface area contributed by atoms with Crippen molar-refractivity contribution in [1.29, 1.82) is 0 Å². The standard InChI is InChI=1S/C45H76N6O9/c1-9-11-22-33(47-42(57)36(25-31-20-16-13-17-21-31)50-44(59)60-45(6,7)8)41(56)48-34(24-30-18-14-12-15-19-30)32(46)26-38(53)51-40(29(5)10-2)43(58)49-35(23-28(3)4)37(52)27-39(54)55/h13,16-17,20-21,28-30,32-37,40,52H,9-12,14-15,18-19,22-27,46H2,1-8H3,(H,47,57)(H,48,56)(H,49,58)(H,50,59)(H,51,53)(H,54,55)/t29-,32?,33-,34?,35-,36-,37-,40-/m0/s1. The van der Waals surface area contributed by atoms with Crippen LogP contribution < -0.4 is 32.3 Å². The van der Waals surface area contributed by atoms with Gasteiger partial charge in [0, 0.05) is 24.9 Å². The first kappa shape index (κ1) is 51.9. The average Bonchev–Trinajstić information content (AvgIpc) is 3.16. The highest BCUT2D eigenvalue weighted by Gasteiger charge is 2.35. The lowest BCUT2D eigenvalue weighted by atomic mass is 9.82. The molecular weight excluding hydrogens is 769 g/mol. The van der Waals surface area contributed by atoms with Crippen molar-refractivity contribution in [2.45, 2.75) is 193 Å². The molecule has 0 saturated heterocycles. The van der Waals surface area contributed by atoms with Crippen LogP contribution in [-0.4, -0.2) is 93.9 Å². The summed E-state index contributed by atoms with van der Waals surface area (Å²) in [5.74, 6) is -3.21. The number of nitrogens with one attached hydrogen (secondary N) is 5. The molecule has 1 aliphatic rings. The van der Waals surface area contributed by atoms with E-state index in [4.69, 9.17) is 10.5 Å². The highest BCUT2D eigenvalue weighted by atomic mass is 16.6. The van der Waals surface area contributed by atoms with E-state index in [0.29, 0.717) is 32.1 Å². The maximum absolute atomic E-state index is 14.2. The molecule has 5 amide bonds. The Hall–Kier alpha value is -4.24. The highest BCUT2D eigenvalue weighted by molar-refractivity contribution is 5.92. The third-order valence-electron chi connectivity index (χ3n) is 11.1. The van der Waals surface area contributed by atoms with Crippen LogP contribution in [0.5, 0.6) is 0 Å². The van der Waals surface area contributed by atoms with E-state index in [1.165, 1.54) is 0 Å². The zero-order valence-corrected chi connectivity index (χ0v) is 37.4. The molecule has 0 heterocycles. The largest absolute Gasteiger partial charge is 0.481 e. The van der Waals surface area contributed by atoms with E-state index in [1.54, 1.807) is 20.8 Å². The number of aliphatic hydroxyl groups is 1. The van der Waals surface area contributed by atoms with Crippen molar-refractivity contribution in [2.75, 3.05) is 0 Å². The van der Waals surface area contributed by atoms with Crippen LogP contribution in [0.3, 0.4) is 0 Å². The van der Waals surface area contributed by atoms with Crippen LogP contribution in [0.4, 0.5) is 4.79 Å². The van der Waals surface area contributed by atoms with Gasteiger partial charge >= 0.3 is 12.1 Å². The predicted octanol–water partition coefficient (Wildman–Crippen LogP) is 4.87. The van der Waals surface area contributed by atoms with E-state index in [2.05, 4.69) is 26.6 Å². The summed E-state index contributed by atoms with van der Waals surface area (Å²) in [6.45, 7) is 14.7. The summed E-state index contributed by atoms with van der Waals surface area (Å²) in [6, 6.07) is 3.92. The number of nitrogens with two attached hydrogens (primary N) is 1. The Bertz CT molecular complexity index is 1500. The number of rotatable bonds is 25. The van der Waals surface area contributed by atoms with Gasteiger partial charge in [0.1, 0.15) is 23.7 Å². The number of amides is 5. The zero-order chi connectivity index (χ0) is 45.0. The van der Waals surface area contributed by atoms with Crippen molar-refractivity contribution in [3.8, 4) is 0 Å². The molecule has 60 heavy (non-hydrogen) atoms. The molecule has 1 aliphatic carbocycles. The topological polar surface area (TPSA) is 238 Å². The number of hydrogen-bond donors (Lipinski definition) is 8. The predicted molar refractivity (Wildman–Crippen MR) is 232 cm³/mol. The van der Waals surface area contributed by atoms with E-state index in [-0.39, 0.29) is 30.6 Å². The number of alkyl carbamates (subject to hydrolysis) is 1. The maximum Gasteiger partial charge on any atom is 0.408 e. The number of hydrogen-bond acceptors (Lipinski definition) is 9. The van der Waals surface area contributed by atoms with Crippen molar-refractivity contribution >= 4 is 35.7 Å². The minimum Gasteiger partial charge on any atom is -0.481 e. The maximum atomic E-state index is 14.2.